The van der Waals surface area contributed by atoms with Gasteiger partial charge >= 0.3 is 0 Å². The van der Waals surface area contributed by atoms with Crippen molar-refractivity contribution in [2.45, 2.75) is 39.2 Å². The van der Waals surface area contributed by atoms with Gasteiger partial charge in [0.25, 0.3) is 0 Å². The Labute approximate surface area is 104 Å². The van der Waals surface area contributed by atoms with E-state index in [1.165, 1.54) is 18.4 Å². The van der Waals surface area contributed by atoms with Crippen LogP contribution in [0, 0.1) is 5.92 Å². The number of hydrogen-bond acceptors (Lipinski definition) is 3. The molecule has 0 radical (unpaired) electrons. The van der Waals surface area contributed by atoms with Crippen LogP contribution in [0.1, 0.15) is 44.7 Å². The van der Waals surface area contributed by atoms with Crippen LogP contribution in [0.5, 0.6) is 0 Å². The van der Waals surface area contributed by atoms with Crippen LogP contribution < -0.4 is 10.6 Å². The van der Waals surface area contributed by atoms with Crippen LogP contribution in [0.2, 0.25) is 0 Å². The third kappa shape index (κ3) is 3.43. The molecule has 1 aliphatic carbocycles. The van der Waals surface area contributed by atoms with Crippen molar-refractivity contribution in [3.8, 4) is 0 Å². The van der Waals surface area contributed by atoms with Gasteiger partial charge in [0.05, 0.1) is 0 Å². The van der Waals surface area contributed by atoms with Gasteiger partial charge in [0.1, 0.15) is 5.82 Å². The molecule has 1 aromatic rings. The summed E-state index contributed by atoms with van der Waals surface area (Å²) >= 11 is 0. The predicted octanol–water partition coefficient (Wildman–Crippen LogP) is 2.73. The highest BCUT2D eigenvalue weighted by atomic mass is 15.2. The molecule has 1 aromatic heterocycles. The molecule has 2 N–H and O–H groups in total. The maximum Gasteiger partial charge on any atom is 0.128 e. The summed E-state index contributed by atoms with van der Waals surface area (Å²) in [4.78, 5) is 6.90. The van der Waals surface area contributed by atoms with Gasteiger partial charge in [-0.2, -0.15) is 0 Å². The zero-order valence-corrected chi connectivity index (χ0v) is 10.9. The molecule has 17 heavy (non-hydrogen) atoms. The fourth-order valence-electron chi connectivity index (χ4n) is 2.07. The van der Waals surface area contributed by atoms with E-state index >= 15 is 0 Å². The SMILES string of the molecule is CCCN(CC1CC1)c1cc([C@@H](C)N)ccn1. The van der Waals surface area contributed by atoms with Gasteiger partial charge in [-0.25, -0.2) is 4.98 Å². The minimum absolute atomic E-state index is 0.0844. The number of hydrogen-bond donors (Lipinski definition) is 1. The van der Waals surface area contributed by atoms with Gasteiger partial charge in [0, 0.05) is 25.3 Å². The van der Waals surface area contributed by atoms with Crippen molar-refractivity contribution in [2.75, 3.05) is 18.0 Å². The molecule has 0 unspecified atom stereocenters. The summed E-state index contributed by atoms with van der Waals surface area (Å²) in [7, 11) is 0. The molecule has 0 spiro atoms. The monoisotopic (exact) mass is 233 g/mol. The van der Waals surface area contributed by atoms with Crippen LogP contribution in [0.25, 0.3) is 0 Å². The maximum atomic E-state index is 5.92. The summed E-state index contributed by atoms with van der Waals surface area (Å²) in [5.41, 5.74) is 7.10. The van der Waals surface area contributed by atoms with Gasteiger partial charge in [0.2, 0.25) is 0 Å². The minimum atomic E-state index is 0.0844. The third-order valence-corrected chi connectivity index (χ3v) is 3.29. The van der Waals surface area contributed by atoms with E-state index in [-0.39, 0.29) is 6.04 Å². The summed E-state index contributed by atoms with van der Waals surface area (Å²) in [6, 6.07) is 4.24. The molecule has 94 valence electrons. The van der Waals surface area contributed by atoms with Crippen molar-refractivity contribution in [1.82, 2.24) is 4.98 Å². The molecule has 3 heteroatoms. The molecule has 0 aliphatic heterocycles. The van der Waals surface area contributed by atoms with Gasteiger partial charge in [0.15, 0.2) is 0 Å². The van der Waals surface area contributed by atoms with Crippen molar-refractivity contribution in [2.24, 2.45) is 11.7 Å². The van der Waals surface area contributed by atoms with Crippen molar-refractivity contribution >= 4 is 5.82 Å². The van der Waals surface area contributed by atoms with E-state index in [2.05, 4.69) is 22.9 Å². The summed E-state index contributed by atoms with van der Waals surface area (Å²) in [5.74, 6) is 1.98. The average molecular weight is 233 g/mol. The topological polar surface area (TPSA) is 42.1 Å². The lowest BCUT2D eigenvalue weighted by atomic mass is 10.1. The summed E-state index contributed by atoms with van der Waals surface area (Å²) in [6.07, 6.45) is 5.81. The highest BCUT2D eigenvalue weighted by Crippen LogP contribution is 2.31. The van der Waals surface area contributed by atoms with Crippen molar-refractivity contribution in [3.05, 3.63) is 23.9 Å². The van der Waals surface area contributed by atoms with Crippen LogP contribution in [0.4, 0.5) is 5.82 Å². The van der Waals surface area contributed by atoms with Crippen LogP contribution in [-0.4, -0.2) is 18.1 Å². The van der Waals surface area contributed by atoms with E-state index in [1.807, 2.05) is 19.2 Å². The first-order chi connectivity index (χ1) is 8.20. The summed E-state index contributed by atoms with van der Waals surface area (Å²) < 4.78 is 0. The van der Waals surface area contributed by atoms with Gasteiger partial charge in [-0.1, -0.05) is 6.92 Å². The van der Waals surface area contributed by atoms with E-state index in [1.54, 1.807) is 0 Å². The van der Waals surface area contributed by atoms with Crippen LogP contribution >= 0.6 is 0 Å². The van der Waals surface area contributed by atoms with Crippen LogP contribution in [-0.2, 0) is 0 Å². The number of nitrogens with zero attached hydrogens (tertiary/aromatic N) is 2. The second-order valence-corrected chi connectivity index (χ2v) is 5.13. The van der Waals surface area contributed by atoms with Gasteiger partial charge in [-0.05, 0) is 49.8 Å². The number of rotatable bonds is 6. The summed E-state index contributed by atoms with van der Waals surface area (Å²) in [5, 5.41) is 0. The second-order valence-electron chi connectivity index (χ2n) is 5.13. The first-order valence-corrected chi connectivity index (χ1v) is 6.67. The van der Waals surface area contributed by atoms with Crippen LogP contribution in [0.15, 0.2) is 18.3 Å². The minimum Gasteiger partial charge on any atom is -0.356 e. The Balaban J connectivity index is 2.12. The maximum absolute atomic E-state index is 5.92. The van der Waals surface area contributed by atoms with E-state index in [0.717, 1.165) is 31.2 Å². The molecular weight excluding hydrogens is 210 g/mol. The standard InChI is InChI=1S/C14H23N3/c1-3-8-17(10-12-4-5-12)14-9-13(11(2)15)6-7-16-14/h6-7,9,11-12H,3-5,8,10,15H2,1-2H3/t11-/m1/s1. The molecule has 1 heterocycles. The molecule has 1 atom stereocenters. The molecule has 3 nitrogen and oxygen atoms in total. The molecular formula is C14H23N3. The Morgan fingerprint density at radius 3 is 2.88 bits per heavy atom. The Kier molecular flexibility index (Phi) is 4.00. The predicted molar refractivity (Wildman–Crippen MR) is 72.1 cm³/mol. The second kappa shape index (κ2) is 5.50. The van der Waals surface area contributed by atoms with E-state index < -0.39 is 0 Å². The van der Waals surface area contributed by atoms with E-state index in [4.69, 9.17) is 5.73 Å². The fraction of sp³-hybridized carbons (Fsp3) is 0.643. The molecule has 1 aliphatic rings. The van der Waals surface area contributed by atoms with E-state index in [9.17, 15) is 0 Å². The van der Waals surface area contributed by atoms with Crippen molar-refractivity contribution in [3.63, 3.8) is 0 Å². The Hall–Kier alpha value is -1.09. The van der Waals surface area contributed by atoms with Gasteiger partial charge in [-0.15, -0.1) is 0 Å². The zero-order chi connectivity index (χ0) is 12.3. The molecule has 1 fully saturated rings. The van der Waals surface area contributed by atoms with Crippen molar-refractivity contribution < 1.29 is 0 Å². The van der Waals surface area contributed by atoms with Crippen molar-refractivity contribution in [1.29, 1.82) is 0 Å². The lowest BCUT2D eigenvalue weighted by Crippen LogP contribution is -2.27. The quantitative estimate of drug-likeness (QED) is 0.821. The Bertz CT molecular complexity index is 358. The zero-order valence-electron chi connectivity index (χ0n) is 10.9. The van der Waals surface area contributed by atoms with E-state index in [0.29, 0.717) is 0 Å². The largest absolute Gasteiger partial charge is 0.356 e. The van der Waals surface area contributed by atoms with Gasteiger partial charge in [-0.3, -0.25) is 0 Å². The molecule has 0 aromatic carbocycles. The normalized spacial score (nSPS) is 16.9. The lowest BCUT2D eigenvalue weighted by molar-refractivity contribution is 0.697. The first kappa shape index (κ1) is 12.4. The highest BCUT2D eigenvalue weighted by molar-refractivity contribution is 5.42. The molecule has 0 saturated heterocycles. The smallest absolute Gasteiger partial charge is 0.128 e. The first-order valence-electron chi connectivity index (χ1n) is 6.67. The summed E-state index contributed by atoms with van der Waals surface area (Å²) in [6.45, 7) is 6.48. The molecule has 0 amide bonds. The molecule has 0 bridgehead atoms. The number of anilines is 1. The third-order valence-electron chi connectivity index (χ3n) is 3.29. The molecule has 2 rings (SSSR count). The number of pyridine rings is 1. The lowest BCUT2D eigenvalue weighted by Gasteiger charge is -2.24. The fourth-order valence-corrected chi connectivity index (χ4v) is 2.07. The average Bonchev–Trinajstić information content (AvgIpc) is 3.12. The van der Waals surface area contributed by atoms with Gasteiger partial charge < -0.3 is 10.6 Å². The molecule has 1 saturated carbocycles. The van der Waals surface area contributed by atoms with Crippen LogP contribution in [0.3, 0.4) is 0 Å². The Morgan fingerprint density at radius 1 is 1.53 bits per heavy atom. The number of aromatic nitrogens is 1. The Morgan fingerprint density at radius 2 is 2.29 bits per heavy atom. The number of nitrogens with two attached hydrogens (primary N) is 1. The highest BCUT2D eigenvalue weighted by Gasteiger charge is 2.24.